The van der Waals surface area contributed by atoms with Gasteiger partial charge in [-0.3, -0.25) is 9.80 Å². The molecule has 3 heteroatoms. The normalized spacial score (nSPS) is 23.2. The zero-order chi connectivity index (χ0) is 14.6. The molecule has 0 aromatic heterocycles. The Balaban J connectivity index is 2.56. The zero-order valence-corrected chi connectivity index (χ0v) is 14.2. The Morgan fingerprint density at radius 3 is 2.16 bits per heavy atom. The molecule has 19 heavy (non-hydrogen) atoms. The van der Waals surface area contributed by atoms with Crippen molar-refractivity contribution < 1.29 is 0 Å². The minimum atomic E-state index is 0.295. The SMILES string of the molecule is CC(C)CNCC(C(C)C)N1CCN(C)C(C)(C)C1. The van der Waals surface area contributed by atoms with E-state index in [9.17, 15) is 0 Å². The molecule has 1 saturated heterocycles. The van der Waals surface area contributed by atoms with E-state index >= 15 is 0 Å². The molecule has 1 unspecified atom stereocenters. The van der Waals surface area contributed by atoms with Crippen molar-refractivity contribution in [1.82, 2.24) is 15.1 Å². The van der Waals surface area contributed by atoms with E-state index in [2.05, 4.69) is 63.7 Å². The first-order chi connectivity index (χ1) is 8.74. The van der Waals surface area contributed by atoms with Crippen molar-refractivity contribution in [3.05, 3.63) is 0 Å². The predicted octanol–water partition coefficient (Wildman–Crippen LogP) is 2.28. The Morgan fingerprint density at radius 2 is 1.68 bits per heavy atom. The lowest BCUT2D eigenvalue weighted by atomic mass is 9.94. The van der Waals surface area contributed by atoms with Crippen LogP contribution in [0.15, 0.2) is 0 Å². The molecule has 0 radical (unpaired) electrons. The Bertz CT molecular complexity index is 261. The van der Waals surface area contributed by atoms with Crippen LogP contribution in [-0.4, -0.2) is 61.2 Å². The van der Waals surface area contributed by atoms with Crippen molar-refractivity contribution in [3.8, 4) is 0 Å². The van der Waals surface area contributed by atoms with Crippen molar-refractivity contribution in [1.29, 1.82) is 0 Å². The van der Waals surface area contributed by atoms with E-state index in [-0.39, 0.29) is 0 Å². The summed E-state index contributed by atoms with van der Waals surface area (Å²) in [7, 11) is 2.25. The second-order valence-electron chi connectivity index (χ2n) is 7.57. The Hall–Kier alpha value is -0.120. The van der Waals surface area contributed by atoms with Crippen LogP contribution >= 0.6 is 0 Å². The maximum Gasteiger partial charge on any atom is 0.0277 e. The van der Waals surface area contributed by atoms with Crippen LogP contribution in [0.2, 0.25) is 0 Å². The summed E-state index contributed by atoms with van der Waals surface area (Å²) in [6, 6.07) is 0.659. The second-order valence-corrected chi connectivity index (χ2v) is 7.57. The number of nitrogens with zero attached hydrogens (tertiary/aromatic N) is 2. The Morgan fingerprint density at radius 1 is 1.05 bits per heavy atom. The Kier molecular flexibility index (Phi) is 6.28. The molecule has 0 saturated carbocycles. The van der Waals surface area contributed by atoms with Gasteiger partial charge in [-0.15, -0.1) is 0 Å². The van der Waals surface area contributed by atoms with Crippen LogP contribution in [0.4, 0.5) is 0 Å². The minimum absolute atomic E-state index is 0.295. The number of hydrogen-bond donors (Lipinski definition) is 1. The van der Waals surface area contributed by atoms with E-state index in [0.29, 0.717) is 17.5 Å². The molecule has 1 aliphatic rings. The van der Waals surface area contributed by atoms with E-state index in [1.54, 1.807) is 0 Å². The summed E-state index contributed by atoms with van der Waals surface area (Å²) in [6.07, 6.45) is 0. The number of hydrogen-bond acceptors (Lipinski definition) is 3. The second kappa shape index (κ2) is 7.05. The van der Waals surface area contributed by atoms with E-state index in [1.165, 1.54) is 19.6 Å². The van der Waals surface area contributed by atoms with Gasteiger partial charge in [0.15, 0.2) is 0 Å². The number of piperazine rings is 1. The average molecular weight is 269 g/mol. The third kappa shape index (κ3) is 5.05. The third-order valence-corrected chi connectivity index (χ3v) is 4.49. The van der Waals surface area contributed by atoms with Gasteiger partial charge in [0.05, 0.1) is 0 Å². The lowest BCUT2D eigenvalue weighted by Gasteiger charge is -2.49. The summed E-state index contributed by atoms with van der Waals surface area (Å²) >= 11 is 0. The van der Waals surface area contributed by atoms with Gasteiger partial charge in [0, 0.05) is 37.8 Å². The van der Waals surface area contributed by atoms with Crippen LogP contribution in [0.1, 0.15) is 41.5 Å². The average Bonchev–Trinajstić information content (AvgIpc) is 2.27. The van der Waals surface area contributed by atoms with Gasteiger partial charge in [0.1, 0.15) is 0 Å². The van der Waals surface area contributed by atoms with E-state index in [0.717, 1.165) is 19.0 Å². The summed E-state index contributed by atoms with van der Waals surface area (Å²) in [5, 5.41) is 3.65. The molecule has 114 valence electrons. The highest BCUT2D eigenvalue weighted by Crippen LogP contribution is 2.22. The summed E-state index contributed by atoms with van der Waals surface area (Å²) in [5.41, 5.74) is 0.295. The van der Waals surface area contributed by atoms with Crippen LogP contribution in [-0.2, 0) is 0 Å². The highest BCUT2D eigenvalue weighted by Gasteiger charge is 2.34. The van der Waals surface area contributed by atoms with Gasteiger partial charge < -0.3 is 5.32 Å². The van der Waals surface area contributed by atoms with Crippen molar-refractivity contribution >= 4 is 0 Å². The van der Waals surface area contributed by atoms with Crippen LogP contribution in [0, 0.1) is 11.8 Å². The largest absolute Gasteiger partial charge is 0.315 e. The molecule has 0 spiro atoms. The monoisotopic (exact) mass is 269 g/mol. The fraction of sp³-hybridized carbons (Fsp3) is 1.00. The molecule has 1 rings (SSSR count). The summed E-state index contributed by atoms with van der Waals surface area (Å²) < 4.78 is 0. The molecule has 3 nitrogen and oxygen atoms in total. The van der Waals surface area contributed by atoms with E-state index < -0.39 is 0 Å². The van der Waals surface area contributed by atoms with Gasteiger partial charge in [0.25, 0.3) is 0 Å². The molecule has 0 aromatic carbocycles. The number of nitrogens with one attached hydrogen (secondary N) is 1. The van der Waals surface area contributed by atoms with Gasteiger partial charge in [-0.05, 0) is 39.3 Å². The first-order valence-corrected chi connectivity index (χ1v) is 7.90. The van der Waals surface area contributed by atoms with Crippen molar-refractivity contribution in [2.24, 2.45) is 11.8 Å². The van der Waals surface area contributed by atoms with Crippen LogP contribution in [0.5, 0.6) is 0 Å². The number of likely N-dealkylation sites (N-methyl/N-ethyl adjacent to an activating group) is 1. The molecule has 0 aliphatic carbocycles. The molecular weight excluding hydrogens is 234 g/mol. The van der Waals surface area contributed by atoms with Gasteiger partial charge in [-0.25, -0.2) is 0 Å². The molecule has 0 bridgehead atoms. The molecule has 1 fully saturated rings. The van der Waals surface area contributed by atoms with E-state index in [4.69, 9.17) is 0 Å². The quantitative estimate of drug-likeness (QED) is 0.798. The van der Waals surface area contributed by atoms with Gasteiger partial charge in [0.2, 0.25) is 0 Å². The summed E-state index contributed by atoms with van der Waals surface area (Å²) in [6.45, 7) is 19.8. The van der Waals surface area contributed by atoms with E-state index in [1.807, 2.05) is 0 Å². The fourth-order valence-electron chi connectivity index (χ4n) is 2.87. The Labute approximate surface area is 120 Å². The van der Waals surface area contributed by atoms with Crippen LogP contribution in [0.3, 0.4) is 0 Å². The van der Waals surface area contributed by atoms with Crippen molar-refractivity contribution in [3.63, 3.8) is 0 Å². The van der Waals surface area contributed by atoms with Gasteiger partial charge >= 0.3 is 0 Å². The fourth-order valence-corrected chi connectivity index (χ4v) is 2.87. The van der Waals surface area contributed by atoms with Crippen LogP contribution in [0.25, 0.3) is 0 Å². The van der Waals surface area contributed by atoms with Gasteiger partial charge in [-0.2, -0.15) is 0 Å². The maximum absolute atomic E-state index is 3.65. The zero-order valence-electron chi connectivity index (χ0n) is 14.2. The first-order valence-electron chi connectivity index (χ1n) is 7.90. The predicted molar refractivity (Wildman–Crippen MR) is 84.6 cm³/mol. The standard InChI is InChI=1S/C16H35N3/c1-13(2)10-17-11-15(14(3)4)19-9-8-18(7)16(5,6)12-19/h13-15,17H,8-12H2,1-7H3. The summed E-state index contributed by atoms with van der Waals surface area (Å²) in [5.74, 6) is 1.44. The van der Waals surface area contributed by atoms with Crippen molar-refractivity contribution in [2.75, 3.05) is 39.8 Å². The smallest absolute Gasteiger partial charge is 0.0277 e. The molecule has 1 atom stereocenters. The molecule has 1 N–H and O–H groups in total. The molecule has 0 aromatic rings. The summed E-state index contributed by atoms with van der Waals surface area (Å²) in [4.78, 5) is 5.18. The maximum atomic E-state index is 3.65. The lowest BCUT2D eigenvalue weighted by molar-refractivity contribution is 0.00566. The molecule has 0 amide bonds. The highest BCUT2D eigenvalue weighted by molar-refractivity contribution is 4.92. The molecule has 1 heterocycles. The van der Waals surface area contributed by atoms with Crippen molar-refractivity contribution in [2.45, 2.75) is 53.1 Å². The van der Waals surface area contributed by atoms with Gasteiger partial charge in [-0.1, -0.05) is 27.7 Å². The third-order valence-electron chi connectivity index (χ3n) is 4.49. The van der Waals surface area contributed by atoms with Crippen LogP contribution < -0.4 is 5.32 Å². The molecule has 1 aliphatic heterocycles. The number of rotatable bonds is 6. The minimum Gasteiger partial charge on any atom is -0.315 e. The lowest BCUT2D eigenvalue weighted by Crippen LogP contribution is -2.62. The molecular formula is C16H35N3. The highest BCUT2D eigenvalue weighted by atomic mass is 15.3. The topological polar surface area (TPSA) is 18.5 Å². The first kappa shape index (κ1) is 16.9.